The van der Waals surface area contributed by atoms with E-state index in [-0.39, 0.29) is 11.6 Å². The van der Waals surface area contributed by atoms with E-state index in [1.807, 2.05) is 0 Å². The highest BCUT2D eigenvalue weighted by Crippen LogP contribution is 2.31. The highest BCUT2D eigenvalue weighted by molar-refractivity contribution is 5.66. The number of nitrogens with one attached hydrogen (secondary N) is 2. The average Bonchev–Trinajstić information content (AvgIpc) is 2.65. The van der Waals surface area contributed by atoms with E-state index in [0.29, 0.717) is 23.0 Å². The van der Waals surface area contributed by atoms with Crippen LogP contribution in [-0.4, -0.2) is 29.4 Å². The van der Waals surface area contributed by atoms with Gasteiger partial charge in [-0.15, -0.1) is 5.10 Å². The Morgan fingerprint density at radius 2 is 1.73 bits per heavy atom. The Bertz CT molecular complexity index is 923. The summed E-state index contributed by atoms with van der Waals surface area (Å²) in [6.07, 6.45) is 1.40. The van der Waals surface area contributed by atoms with Crippen molar-refractivity contribution in [2.75, 3.05) is 24.9 Å². The van der Waals surface area contributed by atoms with Crippen molar-refractivity contribution in [2.24, 2.45) is 0 Å². The molecule has 0 atom stereocenters. The predicted octanol–water partition coefficient (Wildman–Crippen LogP) is 3.65. The lowest BCUT2D eigenvalue weighted by molar-refractivity contribution is 0.395. The molecule has 0 aliphatic rings. The molecular formula is C17H15F2N5O2. The number of ether oxygens (including phenoxy) is 2. The van der Waals surface area contributed by atoms with Crippen molar-refractivity contribution in [1.29, 1.82) is 0 Å². The van der Waals surface area contributed by atoms with Crippen molar-refractivity contribution in [1.82, 2.24) is 15.2 Å². The maximum absolute atomic E-state index is 13.7. The van der Waals surface area contributed by atoms with E-state index in [2.05, 4.69) is 25.8 Å². The zero-order valence-electron chi connectivity index (χ0n) is 14.0. The van der Waals surface area contributed by atoms with Crippen LogP contribution in [0.5, 0.6) is 11.5 Å². The SMILES string of the molecule is COc1ccc(Nc2cnnc(Nc3ccc(F)cc3F)n2)c(OC)c1. The molecule has 1 aromatic heterocycles. The van der Waals surface area contributed by atoms with Gasteiger partial charge >= 0.3 is 0 Å². The molecule has 134 valence electrons. The van der Waals surface area contributed by atoms with Gasteiger partial charge < -0.3 is 20.1 Å². The average molecular weight is 359 g/mol. The van der Waals surface area contributed by atoms with Crippen molar-refractivity contribution >= 4 is 23.1 Å². The zero-order chi connectivity index (χ0) is 18.5. The van der Waals surface area contributed by atoms with E-state index in [1.165, 1.54) is 19.4 Å². The topological polar surface area (TPSA) is 81.2 Å². The second kappa shape index (κ2) is 7.60. The molecule has 0 radical (unpaired) electrons. The molecule has 0 aliphatic carbocycles. The van der Waals surface area contributed by atoms with Gasteiger partial charge in [0.1, 0.15) is 23.1 Å². The van der Waals surface area contributed by atoms with Crippen LogP contribution in [0.4, 0.5) is 31.9 Å². The van der Waals surface area contributed by atoms with Gasteiger partial charge in [0.25, 0.3) is 0 Å². The van der Waals surface area contributed by atoms with Crippen LogP contribution in [0.3, 0.4) is 0 Å². The second-order valence-corrected chi connectivity index (χ2v) is 5.11. The summed E-state index contributed by atoms with van der Waals surface area (Å²) in [6.45, 7) is 0. The van der Waals surface area contributed by atoms with Crippen LogP contribution in [0.1, 0.15) is 0 Å². The minimum absolute atomic E-state index is 0.0346. The normalized spacial score (nSPS) is 10.3. The van der Waals surface area contributed by atoms with Gasteiger partial charge in [0.05, 0.1) is 31.8 Å². The van der Waals surface area contributed by atoms with E-state index in [4.69, 9.17) is 9.47 Å². The Morgan fingerprint density at radius 1 is 0.923 bits per heavy atom. The summed E-state index contributed by atoms with van der Waals surface area (Å²) in [4.78, 5) is 4.20. The van der Waals surface area contributed by atoms with Crippen molar-refractivity contribution in [3.8, 4) is 11.5 Å². The number of anilines is 4. The molecule has 0 bridgehead atoms. The monoisotopic (exact) mass is 359 g/mol. The third-order valence-electron chi connectivity index (χ3n) is 3.41. The standard InChI is InChI=1S/C17H15F2N5O2/c1-25-11-4-6-14(15(8-11)26-2)21-16-9-20-24-17(23-16)22-13-5-3-10(18)7-12(13)19/h3-9H,1-2H3,(H2,21,22,23,24). The number of hydrogen-bond donors (Lipinski definition) is 2. The van der Waals surface area contributed by atoms with Crippen molar-refractivity contribution in [3.63, 3.8) is 0 Å². The molecule has 3 aromatic rings. The minimum atomic E-state index is -0.760. The van der Waals surface area contributed by atoms with Crippen LogP contribution in [0.15, 0.2) is 42.6 Å². The molecule has 3 rings (SSSR count). The first-order valence-corrected chi connectivity index (χ1v) is 7.50. The summed E-state index contributed by atoms with van der Waals surface area (Å²) in [5.74, 6) is 0.156. The Hall–Kier alpha value is -3.49. The Labute approximate surface area is 148 Å². The molecule has 2 aromatic carbocycles. The van der Waals surface area contributed by atoms with Crippen LogP contribution in [0.25, 0.3) is 0 Å². The first-order chi connectivity index (χ1) is 12.6. The molecule has 0 amide bonds. The Morgan fingerprint density at radius 3 is 2.46 bits per heavy atom. The van der Waals surface area contributed by atoms with Gasteiger partial charge in [-0.25, -0.2) is 8.78 Å². The summed E-state index contributed by atoms with van der Waals surface area (Å²) in [5.41, 5.74) is 0.667. The molecule has 0 saturated heterocycles. The quantitative estimate of drug-likeness (QED) is 0.695. The van der Waals surface area contributed by atoms with Gasteiger partial charge in [-0.05, 0) is 24.3 Å². The molecule has 0 saturated carbocycles. The first kappa shape index (κ1) is 17.3. The van der Waals surface area contributed by atoms with Gasteiger partial charge in [0.2, 0.25) is 5.95 Å². The molecule has 0 spiro atoms. The highest BCUT2D eigenvalue weighted by atomic mass is 19.1. The number of aromatic nitrogens is 3. The maximum Gasteiger partial charge on any atom is 0.249 e. The van der Waals surface area contributed by atoms with E-state index in [1.54, 1.807) is 25.3 Å². The molecule has 0 aliphatic heterocycles. The maximum atomic E-state index is 13.7. The van der Waals surface area contributed by atoms with Gasteiger partial charge in [-0.3, -0.25) is 0 Å². The van der Waals surface area contributed by atoms with E-state index in [0.717, 1.165) is 12.1 Å². The summed E-state index contributed by atoms with van der Waals surface area (Å²) in [7, 11) is 3.09. The fraction of sp³-hybridized carbons (Fsp3) is 0.118. The summed E-state index contributed by atoms with van der Waals surface area (Å²) in [6, 6.07) is 8.37. The summed E-state index contributed by atoms with van der Waals surface area (Å²) >= 11 is 0. The van der Waals surface area contributed by atoms with Crippen molar-refractivity contribution < 1.29 is 18.3 Å². The van der Waals surface area contributed by atoms with Gasteiger partial charge in [-0.2, -0.15) is 10.1 Å². The third-order valence-corrected chi connectivity index (χ3v) is 3.41. The van der Waals surface area contributed by atoms with Crippen molar-refractivity contribution in [3.05, 3.63) is 54.2 Å². The molecule has 2 N–H and O–H groups in total. The smallest absolute Gasteiger partial charge is 0.249 e. The number of benzene rings is 2. The lowest BCUT2D eigenvalue weighted by atomic mass is 10.2. The third kappa shape index (κ3) is 3.94. The largest absolute Gasteiger partial charge is 0.497 e. The molecule has 9 heteroatoms. The van der Waals surface area contributed by atoms with Crippen LogP contribution < -0.4 is 20.1 Å². The number of rotatable bonds is 6. The molecule has 0 unspecified atom stereocenters. The first-order valence-electron chi connectivity index (χ1n) is 7.50. The fourth-order valence-corrected chi connectivity index (χ4v) is 2.17. The molecule has 7 nitrogen and oxygen atoms in total. The Kier molecular flexibility index (Phi) is 5.07. The van der Waals surface area contributed by atoms with Crippen LogP contribution in [0.2, 0.25) is 0 Å². The van der Waals surface area contributed by atoms with Crippen LogP contribution in [-0.2, 0) is 0 Å². The molecular weight excluding hydrogens is 344 g/mol. The summed E-state index contributed by atoms with van der Waals surface area (Å²) in [5, 5.41) is 13.3. The number of hydrogen-bond acceptors (Lipinski definition) is 7. The summed E-state index contributed by atoms with van der Waals surface area (Å²) < 4.78 is 37.2. The molecule has 1 heterocycles. The lowest BCUT2D eigenvalue weighted by Gasteiger charge is -2.12. The highest BCUT2D eigenvalue weighted by Gasteiger charge is 2.09. The van der Waals surface area contributed by atoms with E-state index in [9.17, 15) is 8.78 Å². The van der Waals surface area contributed by atoms with Gasteiger partial charge in [0.15, 0.2) is 5.82 Å². The second-order valence-electron chi connectivity index (χ2n) is 5.11. The van der Waals surface area contributed by atoms with Gasteiger partial charge in [-0.1, -0.05) is 0 Å². The molecule has 26 heavy (non-hydrogen) atoms. The fourth-order valence-electron chi connectivity index (χ4n) is 2.17. The van der Waals surface area contributed by atoms with E-state index >= 15 is 0 Å². The van der Waals surface area contributed by atoms with Crippen LogP contribution >= 0.6 is 0 Å². The molecule has 0 fully saturated rings. The Balaban J connectivity index is 1.81. The number of nitrogens with zero attached hydrogens (tertiary/aromatic N) is 3. The van der Waals surface area contributed by atoms with Gasteiger partial charge in [0, 0.05) is 12.1 Å². The zero-order valence-corrected chi connectivity index (χ0v) is 14.0. The van der Waals surface area contributed by atoms with Crippen LogP contribution in [0, 0.1) is 11.6 Å². The van der Waals surface area contributed by atoms with E-state index < -0.39 is 11.6 Å². The predicted molar refractivity (Wildman–Crippen MR) is 92.3 cm³/mol. The van der Waals surface area contributed by atoms with Crippen molar-refractivity contribution in [2.45, 2.75) is 0 Å². The lowest BCUT2D eigenvalue weighted by Crippen LogP contribution is -2.04. The minimum Gasteiger partial charge on any atom is -0.497 e. The number of methoxy groups -OCH3 is 2. The number of halogens is 2.